The summed E-state index contributed by atoms with van der Waals surface area (Å²) in [5.41, 5.74) is 5.84. The first-order chi connectivity index (χ1) is 12.0. The molecule has 0 bridgehead atoms. The molecule has 1 heterocycles. The number of carbonyl (C=O) groups excluding carboxylic acids is 1. The highest BCUT2D eigenvalue weighted by atomic mass is 32.1. The summed E-state index contributed by atoms with van der Waals surface area (Å²) >= 11 is 1.21. The zero-order chi connectivity index (χ0) is 19.9. The topological polar surface area (TPSA) is 143 Å². The maximum atomic E-state index is 12.0. The first kappa shape index (κ1) is 21.8. The summed E-state index contributed by atoms with van der Waals surface area (Å²) < 4.78 is 35.7. The zero-order valence-corrected chi connectivity index (χ0v) is 14.2. The van der Waals surface area contributed by atoms with Crippen LogP contribution < -0.4 is 11.1 Å². The summed E-state index contributed by atoms with van der Waals surface area (Å²) in [6.07, 6.45) is -0.867. The lowest BCUT2D eigenvalue weighted by Crippen LogP contribution is -2.42. The number of aliphatic carboxylic acids is 2. The van der Waals surface area contributed by atoms with Crippen LogP contribution in [0.4, 0.5) is 13.2 Å². The van der Waals surface area contributed by atoms with Crippen LogP contribution >= 0.6 is 11.5 Å². The number of nitrogens with zero attached hydrogens (tertiary/aromatic N) is 1. The number of hydrogen-bond donors (Lipinski definition) is 4. The molecule has 0 aliphatic heterocycles. The molecule has 1 fully saturated rings. The molecule has 146 valence electrons. The molecule has 2 rings (SSSR count). The van der Waals surface area contributed by atoms with Crippen LogP contribution in [0.3, 0.4) is 0 Å². The van der Waals surface area contributed by atoms with E-state index in [-0.39, 0.29) is 17.9 Å². The van der Waals surface area contributed by atoms with E-state index in [9.17, 15) is 22.8 Å². The predicted octanol–water partition coefficient (Wildman–Crippen LogP) is 1.54. The molecule has 1 saturated carbocycles. The third kappa shape index (κ3) is 6.96. The van der Waals surface area contributed by atoms with Crippen molar-refractivity contribution >= 4 is 29.4 Å². The minimum absolute atomic E-state index is 0.0297. The lowest BCUT2D eigenvalue weighted by molar-refractivity contribution is -0.192. The molecule has 1 aromatic heterocycles. The van der Waals surface area contributed by atoms with Gasteiger partial charge in [0.25, 0.3) is 0 Å². The first-order valence-electron chi connectivity index (χ1n) is 7.51. The summed E-state index contributed by atoms with van der Waals surface area (Å²) in [6, 6.07) is 1.07. The van der Waals surface area contributed by atoms with Crippen LogP contribution in [0.25, 0.3) is 0 Å². The normalized spacial score (nSPS) is 21.1. The van der Waals surface area contributed by atoms with Gasteiger partial charge in [0.05, 0.1) is 10.8 Å². The molecule has 1 unspecified atom stereocenters. The number of halogens is 3. The van der Waals surface area contributed by atoms with Crippen molar-refractivity contribution in [3.05, 3.63) is 17.1 Å². The number of carboxylic acid groups (broad SMARTS) is 2. The molecular formula is C14H18F3N3O5S. The van der Waals surface area contributed by atoms with Crippen LogP contribution in [0.1, 0.15) is 36.6 Å². The highest BCUT2D eigenvalue weighted by Gasteiger charge is 2.38. The molecule has 1 aromatic rings. The van der Waals surface area contributed by atoms with E-state index in [4.69, 9.17) is 20.7 Å². The van der Waals surface area contributed by atoms with Crippen LogP contribution in [-0.2, 0) is 14.4 Å². The summed E-state index contributed by atoms with van der Waals surface area (Å²) in [7, 11) is 0. The van der Waals surface area contributed by atoms with Crippen molar-refractivity contribution in [1.82, 2.24) is 9.69 Å². The predicted molar refractivity (Wildman–Crippen MR) is 84.3 cm³/mol. The number of rotatable bonds is 4. The Balaban J connectivity index is 0.000000412. The van der Waals surface area contributed by atoms with E-state index in [0.717, 1.165) is 4.88 Å². The van der Waals surface area contributed by atoms with Gasteiger partial charge in [-0.3, -0.25) is 9.59 Å². The molecule has 12 heteroatoms. The average Bonchev–Trinajstić information content (AvgIpc) is 3.08. The number of carboxylic acids is 2. The number of carbonyl (C=O) groups is 3. The fourth-order valence-corrected chi connectivity index (χ4v) is 2.88. The Kier molecular flexibility index (Phi) is 7.96. The Morgan fingerprint density at radius 3 is 2.15 bits per heavy atom. The number of alkyl halides is 3. The van der Waals surface area contributed by atoms with Crippen LogP contribution in [-0.4, -0.2) is 44.7 Å². The number of nitrogens with one attached hydrogen (secondary N) is 1. The van der Waals surface area contributed by atoms with Crippen LogP contribution in [0.15, 0.2) is 12.3 Å². The molecule has 1 aliphatic rings. The van der Waals surface area contributed by atoms with Crippen molar-refractivity contribution in [3.8, 4) is 0 Å². The van der Waals surface area contributed by atoms with E-state index >= 15 is 0 Å². The standard InChI is InChI=1S/C12H17N3O3S.C2HF3O2/c13-10(9-5-6-14-19-9)11(16)15-8-3-1-7(2-4-8)12(17)18;3-2(4,5)1(6)7/h5-8,10H,1-4,13H2,(H,15,16)(H,17,18);(H,6,7). The Bertz CT molecular complexity index is 616. The molecule has 1 aliphatic carbocycles. The number of amides is 1. The lowest BCUT2D eigenvalue weighted by Gasteiger charge is -2.27. The number of nitrogens with two attached hydrogens (primary N) is 1. The second-order valence-corrected chi connectivity index (χ2v) is 6.46. The molecule has 0 radical (unpaired) electrons. The van der Waals surface area contributed by atoms with Gasteiger partial charge >= 0.3 is 18.1 Å². The summed E-state index contributed by atoms with van der Waals surface area (Å²) in [5.74, 6) is -4.00. The average molecular weight is 397 g/mol. The highest BCUT2D eigenvalue weighted by Crippen LogP contribution is 2.25. The molecule has 5 N–H and O–H groups in total. The van der Waals surface area contributed by atoms with Crippen molar-refractivity contribution in [2.24, 2.45) is 11.7 Å². The maximum absolute atomic E-state index is 12.0. The van der Waals surface area contributed by atoms with Crippen molar-refractivity contribution in [2.45, 2.75) is 43.9 Å². The number of aromatic nitrogens is 1. The first-order valence-corrected chi connectivity index (χ1v) is 8.29. The van der Waals surface area contributed by atoms with Gasteiger partial charge in [-0.1, -0.05) is 0 Å². The molecule has 0 saturated heterocycles. The smallest absolute Gasteiger partial charge is 0.481 e. The third-order valence-corrected chi connectivity index (χ3v) is 4.54. The Morgan fingerprint density at radius 1 is 1.23 bits per heavy atom. The maximum Gasteiger partial charge on any atom is 0.490 e. The van der Waals surface area contributed by atoms with Gasteiger partial charge < -0.3 is 21.3 Å². The minimum Gasteiger partial charge on any atom is -0.481 e. The molecule has 1 amide bonds. The molecule has 8 nitrogen and oxygen atoms in total. The molecule has 0 spiro atoms. The van der Waals surface area contributed by atoms with Crippen molar-refractivity contribution in [2.75, 3.05) is 0 Å². The summed E-state index contributed by atoms with van der Waals surface area (Å²) in [5, 5.41) is 18.9. The second-order valence-electron chi connectivity index (χ2n) is 5.59. The van der Waals surface area contributed by atoms with Gasteiger partial charge in [0, 0.05) is 12.2 Å². The van der Waals surface area contributed by atoms with Crippen LogP contribution in [0.5, 0.6) is 0 Å². The third-order valence-electron chi connectivity index (χ3n) is 3.71. The molecule has 26 heavy (non-hydrogen) atoms. The van der Waals surface area contributed by atoms with Crippen LogP contribution in [0, 0.1) is 5.92 Å². The Hall–Kier alpha value is -2.21. The van der Waals surface area contributed by atoms with E-state index in [1.807, 2.05) is 0 Å². The fourth-order valence-electron chi connectivity index (χ4n) is 2.29. The molecule has 1 atom stereocenters. The van der Waals surface area contributed by atoms with Gasteiger partial charge in [0.1, 0.15) is 6.04 Å². The second kappa shape index (κ2) is 9.48. The molecule has 0 aromatic carbocycles. The van der Waals surface area contributed by atoms with Crippen molar-refractivity contribution < 1.29 is 37.8 Å². The van der Waals surface area contributed by atoms with E-state index in [1.165, 1.54) is 11.5 Å². The van der Waals surface area contributed by atoms with Gasteiger partial charge in [-0.05, 0) is 43.3 Å². The largest absolute Gasteiger partial charge is 0.490 e. The fraction of sp³-hybridized carbons (Fsp3) is 0.571. The van der Waals surface area contributed by atoms with Crippen molar-refractivity contribution in [3.63, 3.8) is 0 Å². The van der Waals surface area contributed by atoms with E-state index < -0.39 is 24.2 Å². The van der Waals surface area contributed by atoms with Gasteiger partial charge in [-0.15, -0.1) is 0 Å². The molecular weight excluding hydrogens is 379 g/mol. The van der Waals surface area contributed by atoms with Crippen molar-refractivity contribution in [1.29, 1.82) is 0 Å². The van der Waals surface area contributed by atoms with E-state index in [1.54, 1.807) is 12.3 Å². The Morgan fingerprint density at radius 2 is 1.77 bits per heavy atom. The van der Waals surface area contributed by atoms with Gasteiger partial charge in [0.2, 0.25) is 5.91 Å². The van der Waals surface area contributed by atoms with E-state index in [0.29, 0.717) is 25.7 Å². The van der Waals surface area contributed by atoms with Crippen LogP contribution in [0.2, 0.25) is 0 Å². The summed E-state index contributed by atoms with van der Waals surface area (Å²) in [4.78, 5) is 32.4. The monoisotopic (exact) mass is 397 g/mol. The van der Waals surface area contributed by atoms with Gasteiger partial charge in [-0.2, -0.15) is 13.2 Å². The minimum atomic E-state index is -5.08. The highest BCUT2D eigenvalue weighted by molar-refractivity contribution is 7.05. The lowest BCUT2D eigenvalue weighted by atomic mass is 9.86. The van der Waals surface area contributed by atoms with E-state index in [2.05, 4.69) is 9.69 Å². The zero-order valence-electron chi connectivity index (χ0n) is 13.4. The summed E-state index contributed by atoms with van der Waals surface area (Å²) in [6.45, 7) is 0. The number of hydrogen-bond acceptors (Lipinski definition) is 6. The quantitative estimate of drug-likeness (QED) is 0.603. The SMILES string of the molecule is NC(C(=O)NC1CCC(C(=O)O)CC1)c1ccns1.O=C(O)C(F)(F)F. The van der Waals surface area contributed by atoms with Gasteiger partial charge in [-0.25, -0.2) is 9.17 Å². The van der Waals surface area contributed by atoms with Gasteiger partial charge in [0.15, 0.2) is 0 Å². The Labute approximate surface area is 150 Å².